The van der Waals surface area contributed by atoms with Crippen molar-refractivity contribution >= 4 is 23.4 Å². The first-order chi connectivity index (χ1) is 13.2. The molecule has 2 atom stereocenters. The zero-order valence-electron chi connectivity index (χ0n) is 17.0. The van der Waals surface area contributed by atoms with Crippen molar-refractivity contribution in [3.05, 3.63) is 22.5 Å². The van der Waals surface area contributed by atoms with Crippen LogP contribution in [0, 0.1) is 19.8 Å². The average Bonchev–Trinajstić information content (AvgIpc) is 3.33. The third-order valence-electron chi connectivity index (χ3n) is 5.96. The normalized spacial score (nSPS) is 21.2. The molecule has 0 bridgehead atoms. The third kappa shape index (κ3) is 3.75. The van der Waals surface area contributed by atoms with Crippen molar-refractivity contribution in [3.8, 4) is 0 Å². The van der Waals surface area contributed by atoms with Crippen LogP contribution in [-0.4, -0.2) is 52.0 Å². The minimum atomic E-state index is -0.986. The molecule has 28 heavy (non-hydrogen) atoms. The molecule has 7 heteroatoms. The fourth-order valence-corrected chi connectivity index (χ4v) is 4.51. The number of aromatic amines is 1. The van der Waals surface area contributed by atoms with Gasteiger partial charge in [0.1, 0.15) is 0 Å². The molecular weight excluding hydrogens is 360 g/mol. The van der Waals surface area contributed by atoms with Gasteiger partial charge >= 0.3 is 5.97 Å². The fraction of sp³-hybridized carbons (Fsp3) is 0.619. The molecule has 1 aliphatic heterocycles. The Balaban J connectivity index is 1.64. The molecule has 1 saturated carbocycles. The first kappa shape index (κ1) is 20.3. The summed E-state index contributed by atoms with van der Waals surface area (Å²) in [5.74, 6) is -1.54. The number of hydrogen-bond acceptors (Lipinski definition) is 5. The second-order valence-electron chi connectivity index (χ2n) is 8.01. The summed E-state index contributed by atoms with van der Waals surface area (Å²) in [7, 11) is 0. The highest BCUT2D eigenvalue weighted by Gasteiger charge is 2.40. The highest BCUT2D eigenvalue weighted by atomic mass is 16.5. The molecule has 0 unspecified atom stereocenters. The molecule has 7 nitrogen and oxygen atoms in total. The van der Waals surface area contributed by atoms with Gasteiger partial charge in [-0.25, -0.2) is 0 Å². The molecule has 1 aromatic heterocycles. The highest BCUT2D eigenvalue weighted by molar-refractivity contribution is 6.05. The van der Waals surface area contributed by atoms with E-state index in [0.717, 1.165) is 25.7 Å². The summed E-state index contributed by atoms with van der Waals surface area (Å²) in [6.45, 7) is 6.79. The maximum absolute atomic E-state index is 12.7. The van der Waals surface area contributed by atoms with E-state index in [1.54, 1.807) is 13.8 Å². The van der Waals surface area contributed by atoms with E-state index in [1.807, 2.05) is 4.90 Å². The lowest BCUT2D eigenvalue weighted by Gasteiger charge is -2.24. The number of hydrogen-bond donors (Lipinski definition) is 1. The fourth-order valence-electron chi connectivity index (χ4n) is 4.51. The van der Waals surface area contributed by atoms with Crippen LogP contribution in [0.25, 0.3) is 0 Å². The number of nitrogens with one attached hydrogen (secondary N) is 1. The number of aryl methyl sites for hydroxylation is 1. The zero-order valence-corrected chi connectivity index (χ0v) is 17.0. The zero-order chi connectivity index (χ0) is 20.6. The molecule has 0 aromatic carbocycles. The van der Waals surface area contributed by atoms with E-state index in [0.29, 0.717) is 23.4 Å². The topological polar surface area (TPSA) is 96.5 Å². The van der Waals surface area contributed by atoms with Gasteiger partial charge in [-0.15, -0.1) is 0 Å². The van der Waals surface area contributed by atoms with Crippen LogP contribution in [0.4, 0.5) is 0 Å². The van der Waals surface area contributed by atoms with Gasteiger partial charge < -0.3 is 14.6 Å². The van der Waals surface area contributed by atoms with Crippen molar-refractivity contribution in [3.63, 3.8) is 0 Å². The standard InChI is InChI=1S/C21H28N2O5/c1-11-18(13(3)24)12(2)22-19(11)20(26)14(4)28-21(27)15-9-17(25)23(10-15)16-7-5-6-8-16/h14-16,22H,5-10H2,1-4H3/t14-,15+/m1/s1. The number of aromatic nitrogens is 1. The number of H-pyrrole nitrogens is 1. The number of ether oxygens (including phenoxy) is 1. The molecule has 1 N–H and O–H groups in total. The Labute approximate surface area is 164 Å². The minimum Gasteiger partial charge on any atom is -0.454 e. The van der Waals surface area contributed by atoms with Crippen molar-refractivity contribution in [1.82, 2.24) is 9.88 Å². The second-order valence-corrected chi connectivity index (χ2v) is 8.01. The summed E-state index contributed by atoms with van der Waals surface area (Å²) >= 11 is 0. The molecule has 0 spiro atoms. The van der Waals surface area contributed by atoms with Crippen molar-refractivity contribution in [2.75, 3.05) is 6.54 Å². The molecule has 2 fully saturated rings. The minimum absolute atomic E-state index is 0.00485. The summed E-state index contributed by atoms with van der Waals surface area (Å²) in [4.78, 5) is 54.1. The largest absolute Gasteiger partial charge is 0.454 e. The molecule has 1 saturated heterocycles. The summed E-state index contributed by atoms with van der Waals surface area (Å²) < 4.78 is 5.40. The summed E-state index contributed by atoms with van der Waals surface area (Å²) in [5, 5.41) is 0. The molecule has 1 amide bonds. The van der Waals surface area contributed by atoms with Gasteiger partial charge in [-0.2, -0.15) is 0 Å². The molecule has 2 heterocycles. The predicted molar refractivity (Wildman–Crippen MR) is 102 cm³/mol. The Kier molecular flexibility index (Phi) is 5.72. The molecule has 1 aliphatic carbocycles. The Morgan fingerprint density at radius 1 is 1.18 bits per heavy atom. The van der Waals surface area contributed by atoms with Crippen LogP contribution < -0.4 is 0 Å². The van der Waals surface area contributed by atoms with E-state index < -0.39 is 18.0 Å². The van der Waals surface area contributed by atoms with Crippen molar-refractivity contribution < 1.29 is 23.9 Å². The number of amides is 1. The van der Waals surface area contributed by atoms with E-state index >= 15 is 0 Å². The molecule has 1 aromatic rings. The second kappa shape index (κ2) is 7.89. The summed E-state index contributed by atoms with van der Waals surface area (Å²) in [6.07, 6.45) is 3.38. The lowest BCUT2D eigenvalue weighted by molar-refractivity contribution is -0.151. The molecule has 0 radical (unpaired) electrons. The first-order valence-corrected chi connectivity index (χ1v) is 9.95. The number of carbonyl (C=O) groups excluding carboxylic acids is 4. The molecule has 152 valence electrons. The van der Waals surface area contributed by atoms with E-state index in [-0.39, 0.29) is 35.6 Å². The Bertz CT molecular complexity index is 819. The van der Waals surface area contributed by atoms with Crippen LogP contribution in [0.15, 0.2) is 0 Å². The lowest BCUT2D eigenvalue weighted by Crippen LogP contribution is -2.35. The predicted octanol–water partition coefficient (Wildman–Crippen LogP) is 2.74. The van der Waals surface area contributed by atoms with Gasteiger partial charge in [-0.05, 0) is 46.1 Å². The van der Waals surface area contributed by atoms with Gasteiger partial charge in [0.25, 0.3) is 0 Å². The average molecular weight is 388 g/mol. The number of likely N-dealkylation sites (tertiary alicyclic amines) is 1. The van der Waals surface area contributed by atoms with Crippen LogP contribution in [0.3, 0.4) is 0 Å². The smallest absolute Gasteiger partial charge is 0.311 e. The first-order valence-electron chi connectivity index (χ1n) is 9.95. The van der Waals surface area contributed by atoms with Crippen molar-refractivity contribution in [2.24, 2.45) is 5.92 Å². The maximum atomic E-state index is 12.7. The van der Waals surface area contributed by atoms with E-state index in [4.69, 9.17) is 4.74 Å². The number of Topliss-reactive ketones (excluding diaryl/α,β-unsaturated/α-hetero) is 2. The number of esters is 1. The van der Waals surface area contributed by atoms with Crippen LogP contribution in [-0.2, 0) is 14.3 Å². The van der Waals surface area contributed by atoms with Crippen LogP contribution in [0.2, 0.25) is 0 Å². The summed E-state index contributed by atoms with van der Waals surface area (Å²) in [6, 6.07) is 0.235. The van der Waals surface area contributed by atoms with E-state index in [2.05, 4.69) is 4.98 Å². The Hall–Kier alpha value is -2.44. The van der Waals surface area contributed by atoms with Gasteiger partial charge in [0.05, 0.1) is 11.6 Å². The van der Waals surface area contributed by atoms with Crippen molar-refractivity contribution in [1.29, 1.82) is 0 Å². The van der Waals surface area contributed by atoms with E-state index in [9.17, 15) is 19.2 Å². The Morgan fingerprint density at radius 2 is 1.82 bits per heavy atom. The van der Waals surface area contributed by atoms with Crippen molar-refractivity contribution in [2.45, 2.75) is 71.9 Å². The van der Waals surface area contributed by atoms with Gasteiger partial charge in [-0.3, -0.25) is 19.2 Å². The monoisotopic (exact) mass is 388 g/mol. The Morgan fingerprint density at radius 3 is 2.39 bits per heavy atom. The number of carbonyl (C=O) groups is 4. The molecule has 3 rings (SSSR count). The number of rotatable bonds is 6. The van der Waals surface area contributed by atoms with Gasteiger partial charge in [0.2, 0.25) is 11.7 Å². The van der Waals surface area contributed by atoms with E-state index in [1.165, 1.54) is 13.8 Å². The molecule has 2 aliphatic rings. The third-order valence-corrected chi connectivity index (χ3v) is 5.96. The quantitative estimate of drug-likeness (QED) is 0.597. The lowest BCUT2D eigenvalue weighted by atomic mass is 10.0. The van der Waals surface area contributed by atoms with Crippen LogP contribution in [0.5, 0.6) is 0 Å². The SMILES string of the molecule is CC(=O)c1c(C)[nH]c(C(=O)[C@@H](C)OC(=O)[C@H]2CC(=O)N(C3CCCC3)C2)c1C. The van der Waals surface area contributed by atoms with Gasteiger partial charge in [-0.1, -0.05) is 12.8 Å². The van der Waals surface area contributed by atoms with Crippen LogP contribution >= 0.6 is 0 Å². The highest BCUT2D eigenvalue weighted by Crippen LogP contribution is 2.30. The van der Waals surface area contributed by atoms with Gasteiger partial charge in [0, 0.05) is 30.3 Å². The van der Waals surface area contributed by atoms with Crippen LogP contribution in [0.1, 0.15) is 78.1 Å². The van der Waals surface area contributed by atoms with Gasteiger partial charge in [0.15, 0.2) is 11.9 Å². The maximum Gasteiger partial charge on any atom is 0.311 e. The summed E-state index contributed by atoms with van der Waals surface area (Å²) in [5.41, 5.74) is 1.98. The molecular formula is C21H28N2O5. The number of nitrogens with zero attached hydrogens (tertiary/aromatic N) is 1. The number of ketones is 2.